The van der Waals surface area contributed by atoms with Crippen LogP contribution >= 0.6 is 0 Å². The van der Waals surface area contributed by atoms with Gasteiger partial charge in [0.25, 0.3) is 0 Å². The van der Waals surface area contributed by atoms with Crippen LogP contribution in [0.2, 0.25) is 0 Å². The average Bonchev–Trinajstić information content (AvgIpc) is 2.87. The van der Waals surface area contributed by atoms with Crippen LogP contribution in [0, 0.1) is 11.6 Å². The molecule has 2 aromatic carbocycles. The zero-order chi connectivity index (χ0) is 28.4. The van der Waals surface area contributed by atoms with Crippen molar-refractivity contribution in [3.05, 3.63) is 70.8 Å². The normalized spacial score (nSPS) is 15.9. The number of benzene rings is 2. The van der Waals surface area contributed by atoms with Gasteiger partial charge in [0.1, 0.15) is 11.6 Å². The molecule has 212 valence electrons. The zero-order valence-corrected chi connectivity index (χ0v) is 22.6. The smallest absolute Gasteiger partial charge is 0.243 e. The molecular weight excluding hydrogens is 506 g/mol. The van der Waals surface area contributed by atoms with E-state index in [0.29, 0.717) is 13.1 Å². The Balaban J connectivity index is 1.63. The van der Waals surface area contributed by atoms with Crippen LogP contribution in [0.4, 0.5) is 8.78 Å². The fourth-order valence-corrected chi connectivity index (χ4v) is 4.61. The number of nitrogens with zero attached hydrogens (tertiary/aromatic N) is 2. The highest BCUT2D eigenvalue weighted by molar-refractivity contribution is 6.00. The van der Waals surface area contributed by atoms with Crippen molar-refractivity contribution in [1.29, 1.82) is 0 Å². The highest BCUT2D eigenvalue weighted by Gasteiger charge is 2.32. The van der Waals surface area contributed by atoms with Crippen molar-refractivity contribution in [3.8, 4) is 0 Å². The number of unbranched alkanes of at least 4 members (excludes halogenated alkanes) is 1. The number of aliphatic hydroxyl groups excluding tert-OH is 1. The van der Waals surface area contributed by atoms with Crippen LogP contribution in [0.5, 0.6) is 0 Å². The minimum atomic E-state index is -1.08. The van der Waals surface area contributed by atoms with Gasteiger partial charge < -0.3 is 15.7 Å². The molecule has 0 radical (unpaired) electrons. The molecule has 3 N–H and O–H groups in total. The number of imide groups is 1. The number of halogens is 2. The SMILES string of the molecule is CCCCN1C(=O)CN(CC(=O)NC(Cc2cc(F)cc(F)c2)C(O)CNCc2cccc(CC)c2)CC1=O. The summed E-state index contributed by atoms with van der Waals surface area (Å²) in [6.45, 7) is 4.65. The molecule has 2 unspecified atom stereocenters. The molecular formula is C29H38F2N4O4. The first-order valence-electron chi connectivity index (χ1n) is 13.4. The molecule has 2 atom stereocenters. The van der Waals surface area contributed by atoms with Gasteiger partial charge in [0.05, 0.1) is 31.8 Å². The van der Waals surface area contributed by atoms with Crippen LogP contribution < -0.4 is 10.6 Å². The van der Waals surface area contributed by atoms with Gasteiger partial charge in [-0.3, -0.25) is 24.2 Å². The van der Waals surface area contributed by atoms with E-state index in [1.54, 1.807) is 0 Å². The second kappa shape index (κ2) is 14.8. The largest absolute Gasteiger partial charge is 0.390 e. The first-order valence-corrected chi connectivity index (χ1v) is 13.4. The molecule has 1 saturated heterocycles. The summed E-state index contributed by atoms with van der Waals surface area (Å²) in [5.74, 6) is -2.71. The van der Waals surface area contributed by atoms with Gasteiger partial charge in [0, 0.05) is 25.7 Å². The minimum absolute atomic E-state index is 0.0166. The van der Waals surface area contributed by atoms with E-state index in [0.717, 1.165) is 43.0 Å². The van der Waals surface area contributed by atoms with Gasteiger partial charge in [-0.2, -0.15) is 0 Å². The molecule has 39 heavy (non-hydrogen) atoms. The van der Waals surface area contributed by atoms with E-state index in [9.17, 15) is 28.3 Å². The zero-order valence-electron chi connectivity index (χ0n) is 22.6. The molecule has 3 amide bonds. The summed E-state index contributed by atoms with van der Waals surface area (Å²) in [6, 6.07) is 10.2. The number of aliphatic hydroxyl groups is 1. The van der Waals surface area contributed by atoms with Crippen LogP contribution in [0.3, 0.4) is 0 Å². The number of carbonyl (C=O) groups is 3. The first kappa shape index (κ1) is 30.3. The van der Waals surface area contributed by atoms with Gasteiger partial charge in [-0.15, -0.1) is 0 Å². The molecule has 0 bridgehead atoms. The van der Waals surface area contributed by atoms with E-state index in [2.05, 4.69) is 23.6 Å². The van der Waals surface area contributed by atoms with Crippen LogP contribution in [-0.4, -0.2) is 77.5 Å². The molecule has 0 saturated carbocycles. The summed E-state index contributed by atoms with van der Waals surface area (Å²) in [7, 11) is 0. The van der Waals surface area contributed by atoms with E-state index in [4.69, 9.17) is 0 Å². The molecule has 1 heterocycles. The Bertz CT molecular complexity index is 1110. The fourth-order valence-electron chi connectivity index (χ4n) is 4.61. The summed E-state index contributed by atoms with van der Waals surface area (Å²) < 4.78 is 27.6. The van der Waals surface area contributed by atoms with Gasteiger partial charge in [0.15, 0.2) is 0 Å². The van der Waals surface area contributed by atoms with Crippen LogP contribution in [0.1, 0.15) is 43.4 Å². The van der Waals surface area contributed by atoms with E-state index in [1.807, 2.05) is 25.1 Å². The monoisotopic (exact) mass is 544 g/mol. The molecule has 8 nitrogen and oxygen atoms in total. The lowest BCUT2D eigenvalue weighted by Crippen LogP contribution is -2.57. The molecule has 10 heteroatoms. The molecule has 1 aliphatic rings. The van der Waals surface area contributed by atoms with E-state index in [1.165, 1.54) is 15.4 Å². The summed E-state index contributed by atoms with van der Waals surface area (Å²) >= 11 is 0. The third-order valence-electron chi connectivity index (χ3n) is 6.69. The van der Waals surface area contributed by atoms with Gasteiger partial charge >= 0.3 is 0 Å². The van der Waals surface area contributed by atoms with Gasteiger partial charge in [-0.25, -0.2) is 8.78 Å². The summed E-state index contributed by atoms with van der Waals surface area (Å²) in [4.78, 5) is 40.4. The predicted octanol–water partition coefficient (Wildman–Crippen LogP) is 2.18. The average molecular weight is 545 g/mol. The Morgan fingerprint density at radius 1 is 1.00 bits per heavy atom. The van der Waals surface area contributed by atoms with Crippen molar-refractivity contribution in [2.24, 2.45) is 0 Å². The number of amides is 3. The lowest BCUT2D eigenvalue weighted by Gasteiger charge is -2.33. The maximum atomic E-state index is 13.8. The molecule has 1 aliphatic heterocycles. The van der Waals surface area contributed by atoms with Crippen molar-refractivity contribution in [1.82, 2.24) is 20.4 Å². The summed E-state index contributed by atoms with van der Waals surface area (Å²) in [5, 5.41) is 16.9. The maximum absolute atomic E-state index is 13.8. The Labute approximate surface area is 228 Å². The lowest BCUT2D eigenvalue weighted by molar-refractivity contribution is -0.151. The maximum Gasteiger partial charge on any atom is 0.243 e. The highest BCUT2D eigenvalue weighted by Crippen LogP contribution is 2.13. The van der Waals surface area contributed by atoms with Gasteiger partial charge in [-0.1, -0.05) is 44.5 Å². The lowest BCUT2D eigenvalue weighted by atomic mass is 10.0. The predicted molar refractivity (Wildman–Crippen MR) is 144 cm³/mol. The molecule has 0 aliphatic carbocycles. The number of piperazine rings is 1. The van der Waals surface area contributed by atoms with Crippen LogP contribution in [-0.2, 0) is 33.8 Å². The second-order valence-electron chi connectivity index (χ2n) is 9.97. The van der Waals surface area contributed by atoms with Crippen molar-refractivity contribution in [2.45, 2.75) is 58.2 Å². The van der Waals surface area contributed by atoms with Crippen LogP contribution in [0.15, 0.2) is 42.5 Å². The number of hydrogen-bond donors (Lipinski definition) is 3. The number of nitrogens with one attached hydrogen (secondary N) is 2. The Morgan fingerprint density at radius 3 is 2.31 bits per heavy atom. The third kappa shape index (κ3) is 9.49. The summed E-state index contributed by atoms with van der Waals surface area (Å²) in [6.07, 6.45) is 1.37. The van der Waals surface area contributed by atoms with E-state index >= 15 is 0 Å². The second-order valence-corrected chi connectivity index (χ2v) is 9.97. The molecule has 3 rings (SSSR count). The molecule has 0 spiro atoms. The molecule has 2 aromatic rings. The number of carbonyl (C=O) groups excluding carboxylic acids is 3. The summed E-state index contributed by atoms with van der Waals surface area (Å²) in [5.41, 5.74) is 2.51. The quantitative estimate of drug-likeness (QED) is 0.315. The van der Waals surface area contributed by atoms with Crippen molar-refractivity contribution in [2.75, 3.05) is 32.7 Å². The fraction of sp³-hybridized carbons (Fsp3) is 0.483. The molecule has 0 aromatic heterocycles. The Kier molecular flexibility index (Phi) is 11.5. The van der Waals surface area contributed by atoms with E-state index < -0.39 is 29.7 Å². The first-order chi connectivity index (χ1) is 18.7. The van der Waals surface area contributed by atoms with E-state index in [-0.39, 0.29) is 50.0 Å². The Morgan fingerprint density at radius 2 is 1.67 bits per heavy atom. The molecule has 1 fully saturated rings. The van der Waals surface area contributed by atoms with Gasteiger partial charge in [0.2, 0.25) is 17.7 Å². The topological polar surface area (TPSA) is 102 Å². The van der Waals surface area contributed by atoms with Crippen molar-refractivity contribution < 1.29 is 28.3 Å². The third-order valence-corrected chi connectivity index (χ3v) is 6.69. The number of aryl methyl sites for hydroxylation is 1. The minimum Gasteiger partial charge on any atom is -0.390 e. The number of hydrogen-bond acceptors (Lipinski definition) is 6. The highest BCUT2D eigenvalue weighted by atomic mass is 19.1. The van der Waals surface area contributed by atoms with Crippen molar-refractivity contribution >= 4 is 17.7 Å². The Hall–Kier alpha value is -3.21. The standard InChI is InChI=1S/C29H38F2N4O4/c1-3-5-9-35-28(38)18-34(19-29(35)39)17-27(37)33-25(13-22-11-23(30)14-24(31)12-22)26(36)16-32-15-21-8-6-7-20(4-2)10-21/h6-8,10-12,14,25-26,32,36H,3-5,9,13,15-19H2,1-2H3,(H,33,37). The van der Waals surface area contributed by atoms with Gasteiger partial charge in [-0.05, 0) is 48.1 Å². The van der Waals surface area contributed by atoms with Crippen molar-refractivity contribution in [3.63, 3.8) is 0 Å². The van der Waals surface area contributed by atoms with Crippen LogP contribution in [0.25, 0.3) is 0 Å². The number of rotatable bonds is 14.